The molecule has 1 aliphatic heterocycles. The number of hydrogen-bond acceptors (Lipinski definition) is 7. The van der Waals surface area contributed by atoms with Crippen molar-refractivity contribution < 1.29 is 17.9 Å². The second kappa shape index (κ2) is 10.4. The van der Waals surface area contributed by atoms with Crippen LogP contribution in [0.2, 0.25) is 0 Å². The molecule has 6 rings (SSSR count). The van der Waals surface area contributed by atoms with Gasteiger partial charge >= 0.3 is 0 Å². The van der Waals surface area contributed by atoms with Gasteiger partial charge in [0.25, 0.3) is 5.91 Å². The van der Waals surface area contributed by atoms with Gasteiger partial charge < -0.3 is 24.5 Å². The molecule has 4 heterocycles. The molecule has 2 N–H and O–H groups in total. The normalized spacial score (nSPS) is 21.3. The van der Waals surface area contributed by atoms with Gasteiger partial charge in [0.15, 0.2) is 5.82 Å². The first-order valence-corrected chi connectivity index (χ1v) is 16.4. The first-order chi connectivity index (χ1) is 19.6. The lowest BCUT2D eigenvalue weighted by molar-refractivity contribution is 0.0739. The monoisotopic (exact) mass is 578 g/mol. The number of methoxy groups -OCH3 is 1. The fourth-order valence-corrected chi connectivity index (χ4v) is 6.69. The molecule has 10 nitrogen and oxygen atoms in total. The van der Waals surface area contributed by atoms with Crippen LogP contribution in [0.3, 0.4) is 0 Å². The number of amides is 1. The lowest BCUT2D eigenvalue weighted by Crippen LogP contribution is -2.41. The Kier molecular flexibility index (Phi) is 7.05. The van der Waals surface area contributed by atoms with Crippen molar-refractivity contribution in [2.24, 2.45) is 17.6 Å². The third-order valence-electron chi connectivity index (χ3n) is 8.79. The number of nitrogens with two attached hydrogens (primary N) is 1. The molecule has 1 saturated heterocycles. The van der Waals surface area contributed by atoms with Gasteiger partial charge in [-0.2, -0.15) is 0 Å². The predicted molar refractivity (Wildman–Crippen MR) is 160 cm³/mol. The van der Waals surface area contributed by atoms with Crippen LogP contribution in [0, 0.1) is 11.8 Å². The summed E-state index contributed by atoms with van der Waals surface area (Å²) in [4.78, 5) is 25.3. The van der Waals surface area contributed by atoms with E-state index >= 15 is 0 Å². The number of sulfone groups is 1. The quantitative estimate of drug-likeness (QED) is 0.321. The van der Waals surface area contributed by atoms with E-state index in [-0.39, 0.29) is 36.2 Å². The zero-order valence-corrected chi connectivity index (χ0v) is 24.9. The Labute approximate surface area is 240 Å². The van der Waals surface area contributed by atoms with Crippen LogP contribution in [0.1, 0.15) is 43.5 Å². The summed E-state index contributed by atoms with van der Waals surface area (Å²) < 4.78 is 34.5. The number of likely N-dealkylation sites (tertiary alicyclic amines) is 1. The minimum atomic E-state index is -3.26. The molecule has 1 aliphatic carbocycles. The van der Waals surface area contributed by atoms with Crippen molar-refractivity contribution in [3.05, 3.63) is 42.1 Å². The number of rotatable bonds is 9. The number of nitrogens with zero attached hydrogens (tertiary/aromatic N) is 5. The van der Waals surface area contributed by atoms with Crippen LogP contribution in [-0.4, -0.2) is 76.1 Å². The summed E-state index contributed by atoms with van der Waals surface area (Å²) in [6.07, 6.45) is 6.28. The number of aromatic nitrogens is 4. The van der Waals surface area contributed by atoms with Gasteiger partial charge in [-0.1, -0.05) is 13.3 Å². The van der Waals surface area contributed by atoms with E-state index in [1.807, 2.05) is 28.5 Å². The summed E-state index contributed by atoms with van der Waals surface area (Å²) in [5, 5.41) is 0.998. The Morgan fingerprint density at radius 2 is 1.98 bits per heavy atom. The smallest absolute Gasteiger partial charge is 0.254 e. The van der Waals surface area contributed by atoms with Crippen LogP contribution >= 0.6 is 0 Å². The topological polar surface area (TPSA) is 125 Å². The number of carbonyl (C=O) groups is 1. The Morgan fingerprint density at radius 1 is 1.20 bits per heavy atom. The second-order valence-corrected chi connectivity index (χ2v) is 14.0. The van der Waals surface area contributed by atoms with Gasteiger partial charge in [0, 0.05) is 55.1 Å². The van der Waals surface area contributed by atoms with Crippen molar-refractivity contribution in [3.8, 4) is 17.3 Å². The molecule has 3 aromatic heterocycles. The summed E-state index contributed by atoms with van der Waals surface area (Å²) in [6, 6.07) is 9.40. The van der Waals surface area contributed by atoms with E-state index in [0.29, 0.717) is 40.6 Å². The molecule has 218 valence electrons. The Hall–Kier alpha value is -3.44. The van der Waals surface area contributed by atoms with Crippen LogP contribution in [0.5, 0.6) is 5.75 Å². The predicted octanol–water partition coefficient (Wildman–Crippen LogP) is 3.71. The van der Waals surface area contributed by atoms with E-state index in [4.69, 9.17) is 15.5 Å². The lowest BCUT2D eigenvalue weighted by Gasteiger charge is -2.23. The minimum Gasteiger partial charge on any atom is -0.494 e. The number of fused-ring (bicyclic) bond motifs is 2. The minimum absolute atomic E-state index is 0.0576. The van der Waals surface area contributed by atoms with E-state index in [9.17, 15) is 13.2 Å². The number of pyridine rings is 1. The summed E-state index contributed by atoms with van der Waals surface area (Å²) in [5.41, 5.74) is 9.90. The molecule has 11 heteroatoms. The molecule has 4 aromatic rings. The van der Waals surface area contributed by atoms with Gasteiger partial charge in [0.2, 0.25) is 0 Å². The van der Waals surface area contributed by atoms with Gasteiger partial charge in [-0.15, -0.1) is 0 Å². The molecular weight excluding hydrogens is 540 g/mol. The highest BCUT2D eigenvalue weighted by Gasteiger charge is 2.39. The highest BCUT2D eigenvalue weighted by atomic mass is 32.2. The molecule has 1 saturated carbocycles. The fourth-order valence-electron chi connectivity index (χ4n) is 6.17. The Bertz CT molecular complexity index is 1740. The summed E-state index contributed by atoms with van der Waals surface area (Å²) in [5.74, 6) is 1.78. The first kappa shape index (κ1) is 27.7. The van der Waals surface area contributed by atoms with Gasteiger partial charge in [0.05, 0.1) is 24.1 Å². The van der Waals surface area contributed by atoms with Gasteiger partial charge in [-0.3, -0.25) is 4.79 Å². The maximum absolute atomic E-state index is 13.8. The number of ether oxygens (including phenoxy) is 1. The Morgan fingerprint density at radius 3 is 2.63 bits per heavy atom. The Balaban J connectivity index is 1.52. The van der Waals surface area contributed by atoms with E-state index < -0.39 is 9.84 Å². The molecule has 2 fully saturated rings. The number of hydrogen-bond donors (Lipinski definition) is 1. The fraction of sp³-hybridized carbons (Fsp3) is 0.500. The van der Waals surface area contributed by atoms with Crippen molar-refractivity contribution in [1.29, 1.82) is 0 Å². The molecule has 0 bridgehead atoms. The average molecular weight is 579 g/mol. The van der Waals surface area contributed by atoms with E-state index in [1.165, 1.54) is 19.1 Å². The summed E-state index contributed by atoms with van der Waals surface area (Å²) in [7, 11) is -1.70. The van der Waals surface area contributed by atoms with Gasteiger partial charge in [-0.25, -0.2) is 18.4 Å². The molecule has 41 heavy (non-hydrogen) atoms. The standard InChI is InChI=1S/C30H38N6O4S/c1-5-20-17-35(18(2)26(20)31)30(37)22-13-23-27(25(15-22)40-3)34(11-12-41(4,38)39)29(33-23)24-14-21-7-6-10-32-28(21)36(24)16-19-8-9-19/h6-7,10,13-15,18-20,26H,5,8-9,11-12,16-17,31H2,1-4H3. The SMILES string of the molecule is CCC1CN(C(=O)c2cc(OC)c3c(c2)nc(-c2cc4cccnc4n2CC2CC2)n3CCS(C)(=O)=O)C(C)C1N. The molecule has 0 spiro atoms. The van der Waals surface area contributed by atoms with Crippen LogP contribution < -0.4 is 10.5 Å². The first-order valence-electron chi connectivity index (χ1n) is 14.4. The maximum atomic E-state index is 13.8. The zero-order chi connectivity index (χ0) is 29.1. The zero-order valence-electron chi connectivity index (χ0n) is 24.1. The molecule has 2 aliphatic rings. The molecular formula is C30H38N6O4S. The highest BCUT2D eigenvalue weighted by molar-refractivity contribution is 7.90. The number of carbonyl (C=O) groups excluding carboxylic acids is 1. The van der Waals surface area contributed by atoms with Gasteiger partial charge in [-0.05, 0) is 61.9 Å². The summed E-state index contributed by atoms with van der Waals surface area (Å²) in [6.45, 7) is 5.72. The lowest BCUT2D eigenvalue weighted by atomic mass is 9.98. The van der Waals surface area contributed by atoms with E-state index in [1.54, 1.807) is 25.4 Å². The second-order valence-electron chi connectivity index (χ2n) is 11.7. The number of aryl methyl sites for hydroxylation is 1. The van der Waals surface area contributed by atoms with Crippen LogP contribution in [-0.2, 0) is 22.9 Å². The molecule has 3 unspecified atom stereocenters. The molecule has 3 atom stereocenters. The third-order valence-corrected chi connectivity index (χ3v) is 9.72. The van der Waals surface area contributed by atoms with Gasteiger partial charge in [0.1, 0.15) is 26.8 Å². The van der Waals surface area contributed by atoms with Crippen LogP contribution in [0.15, 0.2) is 36.5 Å². The molecule has 1 aromatic carbocycles. The van der Waals surface area contributed by atoms with Crippen molar-refractivity contribution in [2.75, 3.05) is 25.7 Å². The third kappa shape index (κ3) is 5.10. The van der Waals surface area contributed by atoms with Crippen molar-refractivity contribution in [2.45, 2.75) is 58.3 Å². The highest BCUT2D eigenvalue weighted by Crippen LogP contribution is 2.38. The average Bonchev–Trinajstić information content (AvgIpc) is 3.49. The molecule has 1 amide bonds. The van der Waals surface area contributed by atoms with E-state index in [2.05, 4.69) is 22.5 Å². The van der Waals surface area contributed by atoms with Crippen LogP contribution in [0.25, 0.3) is 33.6 Å². The molecule has 0 radical (unpaired) electrons. The van der Waals surface area contributed by atoms with Crippen LogP contribution in [0.4, 0.5) is 0 Å². The van der Waals surface area contributed by atoms with Crippen molar-refractivity contribution in [1.82, 2.24) is 24.0 Å². The van der Waals surface area contributed by atoms with E-state index in [0.717, 1.165) is 29.7 Å². The summed E-state index contributed by atoms with van der Waals surface area (Å²) >= 11 is 0. The number of imidazole rings is 1. The van der Waals surface area contributed by atoms with Crippen molar-refractivity contribution >= 4 is 37.8 Å². The van der Waals surface area contributed by atoms with Crippen molar-refractivity contribution in [3.63, 3.8) is 0 Å². The largest absolute Gasteiger partial charge is 0.494 e. The maximum Gasteiger partial charge on any atom is 0.254 e. The number of benzene rings is 1.